The van der Waals surface area contributed by atoms with Gasteiger partial charge < -0.3 is 10.6 Å². The second-order valence-electron chi connectivity index (χ2n) is 5.50. The number of nitro benzene ring substituents is 1. The molecular weight excluding hydrogens is 320 g/mol. The first kappa shape index (κ1) is 15.9. The van der Waals surface area contributed by atoms with E-state index >= 15 is 0 Å². The molecule has 1 aliphatic carbocycles. The van der Waals surface area contributed by atoms with E-state index in [0.29, 0.717) is 5.69 Å². The van der Waals surface area contributed by atoms with Crippen LogP contribution in [0.1, 0.15) is 12.8 Å². The molecular formula is C16H13F2N3O3. The van der Waals surface area contributed by atoms with Gasteiger partial charge in [-0.25, -0.2) is 8.78 Å². The molecule has 1 amide bonds. The summed E-state index contributed by atoms with van der Waals surface area (Å²) in [5, 5.41) is 16.2. The number of anilines is 3. The standard InChI is InChI=1S/C16H13F2N3O3/c17-10-3-6-13(15(7-10)21(23)24)19-11-4-5-12(18)14(8-11)20-16(22)9-1-2-9/h3-9,19H,1-2H2,(H,20,22). The highest BCUT2D eigenvalue weighted by atomic mass is 19.1. The van der Waals surface area contributed by atoms with E-state index in [-0.39, 0.29) is 23.2 Å². The molecule has 6 nitrogen and oxygen atoms in total. The van der Waals surface area contributed by atoms with E-state index in [9.17, 15) is 23.7 Å². The van der Waals surface area contributed by atoms with E-state index in [0.717, 1.165) is 31.0 Å². The summed E-state index contributed by atoms with van der Waals surface area (Å²) in [6.07, 6.45) is 1.57. The predicted molar refractivity (Wildman–Crippen MR) is 84.1 cm³/mol. The summed E-state index contributed by atoms with van der Waals surface area (Å²) in [4.78, 5) is 22.0. The number of halogens is 2. The third-order valence-corrected chi connectivity index (χ3v) is 3.61. The first-order chi connectivity index (χ1) is 11.4. The molecule has 0 aromatic heterocycles. The van der Waals surface area contributed by atoms with Crippen molar-refractivity contribution in [2.75, 3.05) is 10.6 Å². The molecule has 0 aliphatic heterocycles. The number of amides is 1. The van der Waals surface area contributed by atoms with E-state index in [1.807, 2.05) is 0 Å². The van der Waals surface area contributed by atoms with Crippen molar-refractivity contribution in [3.05, 3.63) is 58.1 Å². The molecule has 24 heavy (non-hydrogen) atoms. The largest absolute Gasteiger partial charge is 0.350 e. The summed E-state index contributed by atoms with van der Waals surface area (Å²) in [6.45, 7) is 0. The van der Waals surface area contributed by atoms with Crippen molar-refractivity contribution in [2.24, 2.45) is 5.92 Å². The highest BCUT2D eigenvalue weighted by Crippen LogP contribution is 2.32. The maximum Gasteiger partial charge on any atom is 0.295 e. The zero-order valence-corrected chi connectivity index (χ0v) is 12.4. The lowest BCUT2D eigenvalue weighted by molar-refractivity contribution is -0.384. The Kier molecular flexibility index (Phi) is 4.11. The Labute approximate surface area is 135 Å². The van der Waals surface area contributed by atoms with Crippen LogP contribution < -0.4 is 10.6 Å². The van der Waals surface area contributed by atoms with Crippen molar-refractivity contribution in [3.63, 3.8) is 0 Å². The average Bonchev–Trinajstić information content (AvgIpc) is 3.37. The topological polar surface area (TPSA) is 84.3 Å². The van der Waals surface area contributed by atoms with Crippen molar-refractivity contribution in [3.8, 4) is 0 Å². The van der Waals surface area contributed by atoms with Crippen LogP contribution in [0.15, 0.2) is 36.4 Å². The number of rotatable bonds is 5. The van der Waals surface area contributed by atoms with Gasteiger partial charge in [0.2, 0.25) is 5.91 Å². The third-order valence-electron chi connectivity index (χ3n) is 3.61. The number of nitrogens with zero attached hydrogens (tertiary/aromatic N) is 1. The first-order valence-electron chi connectivity index (χ1n) is 7.25. The lowest BCUT2D eigenvalue weighted by Gasteiger charge is -2.11. The second kappa shape index (κ2) is 6.23. The van der Waals surface area contributed by atoms with Gasteiger partial charge in [-0.05, 0) is 43.2 Å². The molecule has 2 N–H and O–H groups in total. The molecule has 1 saturated carbocycles. The summed E-state index contributed by atoms with van der Waals surface area (Å²) in [5.41, 5.74) is -0.0609. The molecule has 0 spiro atoms. The molecule has 1 aliphatic rings. The van der Waals surface area contributed by atoms with E-state index in [4.69, 9.17) is 0 Å². The Morgan fingerprint density at radius 2 is 1.88 bits per heavy atom. The van der Waals surface area contributed by atoms with Gasteiger partial charge in [0, 0.05) is 11.6 Å². The third kappa shape index (κ3) is 3.48. The fourth-order valence-corrected chi connectivity index (χ4v) is 2.20. The minimum atomic E-state index is -0.733. The Hall–Kier alpha value is -3.03. The van der Waals surface area contributed by atoms with Gasteiger partial charge in [-0.1, -0.05) is 0 Å². The molecule has 0 bridgehead atoms. The molecule has 2 aromatic rings. The highest BCUT2D eigenvalue weighted by molar-refractivity contribution is 5.94. The fraction of sp³-hybridized carbons (Fsp3) is 0.188. The lowest BCUT2D eigenvalue weighted by Crippen LogP contribution is -2.14. The Morgan fingerprint density at radius 3 is 2.54 bits per heavy atom. The van der Waals surface area contributed by atoms with Crippen molar-refractivity contribution < 1.29 is 18.5 Å². The van der Waals surface area contributed by atoms with Crippen LogP contribution in [0.4, 0.5) is 31.5 Å². The van der Waals surface area contributed by atoms with Gasteiger partial charge in [0.15, 0.2) is 0 Å². The van der Waals surface area contributed by atoms with Gasteiger partial charge in [-0.3, -0.25) is 14.9 Å². The monoisotopic (exact) mass is 333 g/mol. The van der Waals surface area contributed by atoms with Crippen LogP contribution in [0.3, 0.4) is 0 Å². The van der Waals surface area contributed by atoms with Crippen LogP contribution in [0.25, 0.3) is 0 Å². The number of nitrogens with one attached hydrogen (secondary N) is 2. The number of hydrogen-bond donors (Lipinski definition) is 2. The van der Waals surface area contributed by atoms with Gasteiger partial charge in [-0.2, -0.15) is 0 Å². The van der Waals surface area contributed by atoms with Crippen LogP contribution >= 0.6 is 0 Å². The van der Waals surface area contributed by atoms with Crippen LogP contribution in [-0.2, 0) is 4.79 Å². The van der Waals surface area contributed by atoms with E-state index < -0.39 is 22.2 Å². The highest BCUT2D eigenvalue weighted by Gasteiger charge is 2.30. The smallest absolute Gasteiger partial charge is 0.295 e. The maximum atomic E-state index is 13.8. The van der Waals surface area contributed by atoms with Gasteiger partial charge in [-0.15, -0.1) is 0 Å². The van der Waals surface area contributed by atoms with Crippen molar-refractivity contribution in [1.29, 1.82) is 0 Å². The van der Waals surface area contributed by atoms with E-state index in [1.165, 1.54) is 18.2 Å². The zero-order valence-electron chi connectivity index (χ0n) is 12.4. The molecule has 3 rings (SSSR count). The van der Waals surface area contributed by atoms with Crippen LogP contribution in [0.2, 0.25) is 0 Å². The summed E-state index contributed by atoms with van der Waals surface area (Å²) in [7, 11) is 0. The molecule has 0 saturated heterocycles. The SMILES string of the molecule is O=C(Nc1cc(Nc2ccc(F)cc2[N+](=O)[O-])ccc1F)C1CC1. The van der Waals surface area contributed by atoms with E-state index in [2.05, 4.69) is 10.6 Å². The summed E-state index contributed by atoms with van der Waals surface area (Å²) in [6, 6.07) is 6.94. The number of hydrogen-bond acceptors (Lipinski definition) is 4. The lowest BCUT2D eigenvalue weighted by atomic mass is 10.2. The van der Waals surface area contributed by atoms with E-state index in [1.54, 1.807) is 0 Å². The van der Waals surface area contributed by atoms with Crippen LogP contribution in [-0.4, -0.2) is 10.8 Å². The molecule has 1 fully saturated rings. The molecule has 0 unspecified atom stereocenters. The second-order valence-corrected chi connectivity index (χ2v) is 5.50. The molecule has 2 aromatic carbocycles. The Bertz CT molecular complexity index is 822. The Balaban J connectivity index is 1.85. The zero-order chi connectivity index (χ0) is 17.3. The number of carbonyl (C=O) groups is 1. The van der Waals surface area contributed by atoms with Gasteiger partial charge >= 0.3 is 0 Å². The van der Waals surface area contributed by atoms with Crippen molar-refractivity contribution in [1.82, 2.24) is 0 Å². The molecule has 0 atom stereocenters. The predicted octanol–water partition coefficient (Wildman–Crippen LogP) is 3.97. The van der Waals surface area contributed by atoms with Gasteiger partial charge in [0.05, 0.1) is 16.7 Å². The quantitative estimate of drug-likeness (QED) is 0.640. The molecule has 0 heterocycles. The first-order valence-corrected chi connectivity index (χ1v) is 7.25. The van der Waals surface area contributed by atoms with Crippen molar-refractivity contribution in [2.45, 2.75) is 12.8 Å². The minimum Gasteiger partial charge on any atom is -0.350 e. The van der Waals surface area contributed by atoms with Crippen LogP contribution in [0.5, 0.6) is 0 Å². The number of nitro groups is 1. The van der Waals surface area contributed by atoms with Gasteiger partial charge in [0.25, 0.3) is 5.69 Å². The number of benzene rings is 2. The Morgan fingerprint density at radius 1 is 1.12 bits per heavy atom. The molecule has 8 heteroatoms. The minimum absolute atomic E-state index is 0.0123. The maximum absolute atomic E-state index is 13.8. The molecule has 0 radical (unpaired) electrons. The normalized spacial score (nSPS) is 13.4. The summed E-state index contributed by atoms with van der Waals surface area (Å²) in [5.74, 6) is -1.68. The van der Waals surface area contributed by atoms with Crippen LogP contribution in [0, 0.1) is 27.7 Å². The van der Waals surface area contributed by atoms with Crippen molar-refractivity contribution >= 4 is 28.7 Å². The van der Waals surface area contributed by atoms with Gasteiger partial charge in [0.1, 0.15) is 17.3 Å². The summed E-state index contributed by atoms with van der Waals surface area (Å²) < 4.78 is 27.0. The fourth-order valence-electron chi connectivity index (χ4n) is 2.20. The molecule has 124 valence electrons. The average molecular weight is 333 g/mol. The number of carbonyl (C=O) groups excluding carboxylic acids is 1. The summed E-state index contributed by atoms with van der Waals surface area (Å²) >= 11 is 0.